The number of rotatable bonds is 2. The normalized spacial score (nSPS) is 17.0. The van der Waals surface area contributed by atoms with Crippen LogP contribution in [0.15, 0.2) is 52.1 Å². The minimum Gasteiger partial charge on any atom is -0.467 e. The van der Waals surface area contributed by atoms with Gasteiger partial charge in [-0.25, -0.2) is 14.1 Å². The van der Waals surface area contributed by atoms with Crippen LogP contribution >= 0.6 is 0 Å². The average molecular weight is 309 g/mol. The van der Waals surface area contributed by atoms with E-state index < -0.39 is 0 Å². The van der Waals surface area contributed by atoms with Gasteiger partial charge in [0.25, 0.3) is 0 Å². The van der Waals surface area contributed by atoms with Gasteiger partial charge in [-0.2, -0.15) is 5.10 Å². The molecule has 3 heterocycles. The van der Waals surface area contributed by atoms with E-state index in [-0.39, 0.29) is 11.9 Å². The van der Waals surface area contributed by atoms with Gasteiger partial charge in [-0.15, -0.1) is 0 Å². The van der Waals surface area contributed by atoms with Crippen molar-refractivity contribution in [3.05, 3.63) is 59.9 Å². The zero-order valence-electron chi connectivity index (χ0n) is 13.0. The van der Waals surface area contributed by atoms with Gasteiger partial charge in [0.15, 0.2) is 5.82 Å². The van der Waals surface area contributed by atoms with Crippen molar-refractivity contribution < 1.29 is 8.81 Å². The van der Waals surface area contributed by atoms with Crippen LogP contribution in [-0.4, -0.2) is 15.5 Å². The lowest BCUT2D eigenvalue weighted by molar-refractivity contribution is 0.409. The molecule has 0 fully saturated rings. The fraction of sp³-hybridized carbons (Fsp3) is 0.222. The number of nitrogens with zero attached hydrogens (tertiary/aromatic N) is 3. The molecule has 0 saturated heterocycles. The van der Waals surface area contributed by atoms with Crippen LogP contribution in [0.25, 0.3) is 11.1 Å². The second-order valence-corrected chi connectivity index (χ2v) is 5.82. The fourth-order valence-electron chi connectivity index (χ4n) is 3.11. The molecule has 116 valence electrons. The number of benzene rings is 1. The van der Waals surface area contributed by atoms with Crippen molar-refractivity contribution in [3.63, 3.8) is 0 Å². The molecular weight excluding hydrogens is 293 g/mol. The molecule has 1 atom stereocenters. The Labute approximate surface area is 133 Å². The summed E-state index contributed by atoms with van der Waals surface area (Å²) in [5.41, 5.74) is 3.77. The summed E-state index contributed by atoms with van der Waals surface area (Å²) in [6.07, 6.45) is 2.44. The maximum absolute atomic E-state index is 13.2. The van der Waals surface area contributed by atoms with Crippen molar-refractivity contribution in [1.29, 1.82) is 0 Å². The van der Waals surface area contributed by atoms with Crippen LogP contribution in [-0.2, 0) is 0 Å². The van der Waals surface area contributed by atoms with Gasteiger partial charge in [0, 0.05) is 17.7 Å². The minimum absolute atomic E-state index is 0.00500. The molecule has 1 aliphatic heterocycles. The zero-order valence-corrected chi connectivity index (χ0v) is 13.0. The summed E-state index contributed by atoms with van der Waals surface area (Å²) in [6.45, 7) is 3.96. The first-order valence-electron chi connectivity index (χ1n) is 7.56. The maximum Gasteiger partial charge on any atom is 0.159 e. The second kappa shape index (κ2) is 5.19. The third-order valence-electron chi connectivity index (χ3n) is 4.15. The summed E-state index contributed by atoms with van der Waals surface area (Å²) in [5.74, 6) is 1.42. The molecule has 1 aromatic carbocycles. The number of aromatic nitrogens is 2. The standard InChI is InChI=1S/C18H16FN3O/c1-11-10-15(16-4-3-9-23-16)22-18(20-11)17(12(2)21-22)13-5-7-14(19)8-6-13/h3-9,15H,10H2,1-2H3/t15-/m1/s1. The zero-order chi connectivity index (χ0) is 16.0. The van der Waals surface area contributed by atoms with Crippen molar-refractivity contribution in [3.8, 4) is 11.1 Å². The Bertz CT molecular complexity index is 876. The van der Waals surface area contributed by atoms with Gasteiger partial charge in [-0.1, -0.05) is 12.1 Å². The summed E-state index contributed by atoms with van der Waals surface area (Å²) in [4.78, 5) is 4.71. The first-order valence-corrected chi connectivity index (χ1v) is 7.56. The highest BCUT2D eigenvalue weighted by Crippen LogP contribution is 2.40. The van der Waals surface area contributed by atoms with E-state index in [0.717, 1.165) is 40.5 Å². The van der Waals surface area contributed by atoms with E-state index in [0.29, 0.717) is 0 Å². The van der Waals surface area contributed by atoms with Gasteiger partial charge in [0.05, 0.1) is 12.0 Å². The van der Waals surface area contributed by atoms with Gasteiger partial charge >= 0.3 is 0 Å². The predicted molar refractivity (Wildman–Crippen MR) is 86.6 cm³/mol. The Hall–Kier alpha value is -2.69. The fourth-order valence-corrected chi connectivity index (χ4v) is 3.11. The lowest BCUT2D eigenvalue weighted by Gasteiger charge is -2.21. The molecule has 5 heteroatoms. The van der Waals surface area contributed by atoms with Gasteiger partial charge in [-0.05, 0) is 43.7 Å². The number of furan rings is 1. The molecule has 0 N–H and O–H groups in total. The number of aryl methyl sites for hydroxylation is 1. The third-order valence-corrected chi connectivity index (χ3v) is 4.15. The van der Waals surface area contributed by atoms with E-state index in [2.05, 4.69) is 5.10 Å². The average Bonchev–Trinajstić information content (AvgIpc) is 3.15. The van der Waals surface area contributed by atoms with Gasteiger partial charge < -0.3 is 4.42 Å². The molecule has 0 unspecified atom stereocenters. The molecular formula is C18H16FN3O. The van der Waals surface area contributed by atoms with Crippen molar-refractivity contribution >= 4 is 11.5 Å². The number of halogens is 1. The monoisotopic (exact) mass is 309 g/mol. The van der Waals surface area contributed by atoms with E-state index in [1.807, 2.05) is 30.7 Å². The topological polar surface area (TPSA) is 43.3 Å². The molecule has 23 heavy (non-hydrogen) atoms. The molecule has 1 aliphatic rings. The Kier molecular flexibility index (Phi) is 3.15. The van der Waals surface area contributed by atoms with Crippen LogP contribution in [0.3, 0.4) is 0 Å². The molecule has 2 aromatic heterocycles. The molecule has 0 spiro atoms. The van der Waals surface area contributed by atoms with Crippen molar-refractivity contribution in [1.82, 2.24) is 9.78 Å². The molecule has 0 saturated carbocycles. The number of hydrogen-bond acceptors (Lipinski definition) is 3. The Morgan fingerprint density at radius 3 is 2.65 bits per heavy atom. The second-order valence-electron chi connectivity index (χ2n) is 5.82. The predicted octanol–water partition coefficient (Wildman–Crippen LogP) is 4.68. The van der Waals surface area contributed by atoms with E-state index in [1.54, 1.807) is 18.4 Å². The van der Waals surface area contributed by atoms with Crippen LogP contribution in [0, 0.1) is 12.7 Å². The summed E-state index contributed by atoms with van der Waals surface area (Å²) < 4.78 is 20.7. The summed E-state index contributed by atoms with van der Waals surface area (Å²) >= 11 is 0. The van der Waals surface area contributed by atoms with E-state index in [4.69, 9.17) is 9.41 Å². The quantitative estimate of drug-likeness (QED) is 0.690. The summed E-state index contributed by atoms with van der Waals surface area (Å²) in [7, 11) is 0. The van der Waals surface area contributed by atoms with Crippen LogP contribution in [0.1, 0.15) is 30.8 Å². The highest BCUT2D eigenvalue weighted by atomic mass is 19.1. The number of aliphatic imine (C=N–C) groups is 1. The molecule has 0 amide bonds. The Morgan fingerprint density at radius 1 is 1.17 bits per heavy atom. The first-order chi connectivity index (χ1) is 11.1. The van der Waals surface area contributed by atoms with Crippen molar-refractivity contribution in [2.24, 2.45) is 4.99 Å². The SMILES string of the molecule is CC1=Nc2c(-c3ccc(F)cc3)c(C)nn2[C@@H](c2ccco2)C1. The van der Waals surface area contributed by atoms with E-state index in [1.165, 1.54) is 12.1 Å². The van der Waals surface area contributed by atoms with Gasteiger partial charge in [0.2, 0.25) is 0 Å². The molecule has 0 bridgehead atoms. The van der Waals surface area contributed by atoms with Crippen LogP contribution in [0.2, 0.25) is 0 Å². The molecule has 0 aliphatic carbocycles. The maximum atomic E-state index is 13.2. The molecule has 0 radical (unpaired) electrons. The van der Waals surface area contributed by atoms with Crippen LogP contribution in [0.5, 0.6) is 0 Å². The minimum atomic E-state index is -0.249. The number of hydrogen-bond donors (Lipinski definition) is 0. The van der Waals surface area contributed by atoms with Crippen molar-refractivity contribution in [2.75, 3.05) is 0 Å². The highest BCUT2D eigenvalue weighted by molar-refractivity contribution is 5.89. The Morgan fingerprint density at radius 2 is 1.96 bits per heavy atom. The first kappa shape index (κ1) is 13.9. The molecule has 4 rings (SSSR count). The lowest BCUT2D eigenvalue weighted by atomic mass is 10.0. The van der Waals surface area contributed by atoms with E-state index >= 15 is 0 Å². The van der Waals surface area contributed by atoms with Gasteiger partial charge in [0.1, 0.15) is 17.6 Å². The lowest BCUT2D eigenvalue weighted by Crippen LogP contribution is -2.18. The number of fused-ring (bicyclic) bond motifs is 1. The summed E-state index contributed by atoms with van der Waals surface area (Å²) in [5, 5.41) is 4.68. The third kappa shape index (κ3) is 2.29. The largest absolute Gasteiger partial charge is 0.467 e. The Balaban J connectivity index is 1.90. The smallest absolute Gasteiger partial charge is 0.159 e. The van der Waals surface area contributed by atoms with E-state index in [9.17, 15) is 4.39 Å². The van der Waals surface area contributed by atoms with Crippen LogP contribution in [0.4, 0.5) is 10.2 Å². The summed E-state index contributed by atoms with van der Waals surface area (Å²) in [6, 6.07) is 10.3. The van der Waals surface area contributed by atoms with Crippen LogP contribution < -0.4 is 0 Å². The van der Waals surface area contributed by atoms with Crippen molar-refractivity contribution in [2.45, 2.75) is 26.3 Å². The molecule has 4 nitrogen and oxygen atoms in total. The highest BCUT2D eigenvalue weighted by Gasteiger charge is 2.29. The molecule has 3 aromatic rings. The van der Waals surface area contributed by atoms with Gasteiger partial charge in [-0.3, -0.25) is 0 Å².